The van der Waals surface area contributed by atoms with Gasteiger partial charge in [-0.15, -0.1) is 0 Å². The molecule has 1 aliphatic heterocycles. The van der Waals surface area contributed by atoms with Gasteiger partial charge in [0.25, 0.3) is 0 Å². The lowest BCUT2D eigenvalue weighted by Gasteiger charge is -2.40. The molecule has 6 heteroatoms. The van der Waals surface area contributed by atoms with Crippen molar-refractivity contribution >= 4 is 44.3 Å². The van der Waals surface area contributed by atoms with Crippen LogP contribution < -0.4 is 5.32 Å². The lowest BCUT2D eigenvalue weighted by Crippen LogP contribution is -2.47. The molecule has 0 amide bonds. The van der Waals surface area contributed by atoms with Gasteiger partial charge < -0.3 is 10.2 Å². The first-order valence-electron chi connectivity index (χ1n) is 10.1. The monoisotopic (exact) mass is 472 g/mol. The number of nitrogens with one attached hydrogen (secondary N) is 1. The predicted molar refractivity (Wildman–Crippen MR) is 126 cm³/mol. The number of para-hydroxylation sites is 1. The van der Waals surface area contributed by atoms with Crippen molar-refractivity contribution in [2.24, 2.45) is 0 Å². The third kappa shape index (κ3) is 4.92. The standard InChI is InChI=1S/C23H26BrClN4/c1-28-13-14-29(21(16-28)17-7-3-2-4-8-17)12-6-11-26-22-15-20(25)18-9-5-10-19(24)23(18)27-22/h2-5,7-10,15,21H,6,11-14,16H2,1H3,(H,26,27). The van der Waals surface area contributed by atoms with Gasteiger partial charge in [-0.25, -0.2) is 4.98 Å². The minimum atomic E-state index is 0.458. The molecule has 2 heterocycles. The normalized spacial score (nSPS) is 18.2. The molecule has 1 aromatic heterocycles. The summed E-state index contributed by atoms with van der Waals surface area (Å²) >= 11 is 10.0. The molecule has 1 saturated heterocycles. The second-order valence-corrected chi connectivity index (χ2v) is 8.89. The van der Waals surface area contributed by atoms with E-state index in [0.29, 0.717) is 6.04 Å². The summed E-state index contributed by atoms with van der Waals surface area (Å²) in [5.74, 6) is 0.826. The number of benzene rings is 2. The van der Waals surface area contributed by atoms with E-state index >= 15 is 0 Å². The second kappa shape index (κ2) is 9.43. The fraction of sp³-hybridized carbons (Fsp3) is 0.348. The molecule has 4 rings (SSSR count). The van der Waals surface area contributed by atoms with Crippen molar-refractivity contribution in [3.63, 3.8) is 0 Å². The first kappa shape index (κ1) is 20.6. The largest absolute Gasteiger partial charge is 0.370 e. The van der Waals surface area contributed by atoms with Crippen LogP contribution in [-0.4, -0.2) is 54.6 Å². The topological polar surface area (TPSA) is 31.4 Å². The lowest BCUT2D eigenvalue weighted by molar-refractivity contribution is 0.0896. The van der Waals surface area contributed by atoms with Crippen LogP contribution in [-0.2, 0) is 0 Å². The highest BCUT2D eigenvalue weighted by Gasteiger charge is 2.25. The van der Waals surface area contributed by atoms with Crippen molar-refractivity contribution in [3.8, 4) is 0 Å². The molecular weight excluding hydrogens is 448 g/mol. The van der Waals surface area contributed by atoms with E-state index in [2.05, 4.69) is 68.4 Å². The molecule has 1 atom stereocenters. The summed E-state index contributed by atoms with van der Waals surface area (Å²) in [5.41, 5.74) is 2.30. The van der Waals surface area contributed by atoms with Crippen LogP contribution in [0.25, 0.3) is 10.9 Å². The summed E-state index contributed by atoms with van der Waals surface area (Å²) in [6, 6.07) is 19.2. The zero-order valence-corrected chi connectivity index (χ0v) is 19.0. The van der Waals surface area contributed by atoms with Gasteiger partial charge in [-0.05, 0) is 47.1 Å². The number of pyridine rings is 1. The van der Waals surface area contributed by atoms with Gasteiger partial charge in [0.1, 0.15) is 5.82 Å². The third-order valence-electron chi connectivity index (χ3n) is 5.55. The van der Waals surface area contributed by atoms with Gasteiger partial charge in [0.2, 0.25) is 0 Å². The average Bonchev–Trinajstić information content (AvgIpc) is 2.73. The number of halogens is 2. The number of piperazine rings is 1. The minimum absolute atomic E-state index is 0.458. The van der Waals surface area contributed by atoms with Crippen molar-refractivity contribution in [2.45, 2.75) is 12.5 Å². The fourth-order valence-corrected chi connectivity index (χ4v) is 4.69. The Morgan fingerprint density at radius 3 is 2.79 bits per heavy atom. The molecule has 1 unspecified atom stereocenters. The SMILES string of the molecule is CN1CCN(CCCNc2cc(Cl)c3cccc(Br)c3n2)C(c2ccccc2)C1. The van der Waals surface area contributed by atoms with Gasteiger partial charge >= 0.3 is 0 Å². The molecule has 3 aromatic rings. The number of likely N-dealkylation sites (N-methyl/N-ethyl adjacent to an activating group) is 1. The number of aromatic nitrogens is 1. The van der Waals surface area contributed by atoms with E-state index in [0.717, 1.165) is 65.4 Å². The van der Waals surface area contributed by atoms with Crippen LogP contribution in [0.5, 0.6) is 0 Å². The zero-order valence-electron chi connectivity index (χ0n) is 16.6. The van der Waals surface area contributed by atoms with Crippen LogP contribution in [0.1, 0.15) is 18.0 Å². The summed E-state index contributed by atoms with van der Waals surface area (Å²) < 4.78 is 0.962. The van der Waals surface area contributed by atoms with Gasteiger partial charge in [0.05, 0.1) is 10.5 Å². The Labute approximate surface area is 186 Å². The van der Waals surface area contributed by atoms with E-state index in [1.165, 1.54) is 5.56 Å². The molecule has 0 saturated carbocycles. The number of nitrogens with zero attached hydrogens (tertiary/aromatic N) is 3. The van der Waals surface area contributed by atoms with Gasteiger partial charge in [0, 0.05) is 48.6 Å². The molecule has 1 fully saturated rings. The molecule has 1 aliphatic rings. The number of fused-ring (bicyclic) bond motifs is 1. The van der Waals surface area contributed by atoms with Crippen LogP contribution in [0, 0.1) is 0 Å². The molecule has 1 N–H and O–H groups in total. The Bertz CT molecular complexity index is 966. The number of hydrogen-bond acceptors (Lipinski definition) is 4. The maximum absolute atomic E-state index is 6.46. The molecular formula is C23H26BrClN4. The quantitative estimate of drug-likeness (QED) is 0.483. The lowest BCUT2D eigenvalue weighted by atomic mass is 10.0. The van der Waals surface area contributed by atoms with Crippen LogP contribution in [0.3, 0.4) is 0 Å². The number of hydrogen-bond donors (Lipinski definition) is 1. The van der Waals surface area contributed by atoms with Crippen LogP contribution in [0.4, 0.5) is 5.82 Å². The summed E-state index contributed by atoms with van der Waals surface area (Å²) in [6.45, 7) is 5.22. The Morgan fingerprint density at radius 2 is 1.97 bits per heavy atom. The maximum atomic E-state index is 6.46. The van der Waals surface area contributed by atoms with Crippen molar-refractivity contribution in [3.05, 3.63) is 69.7 Å². The van der Waals surface area contributed by atoms with Crippen molar-refractivity contribution in [1.29, 1.82) is 0 Å². The van der Waals surface area contributed by atoms with E-state index < -0.39 is 0 Å². The van der Waals surface area contributed by atoms with E-state index in [9.17, 15) is 0 Å². The molecule has 4 nitrogen and oxygen atoms in total. The van der Waals surface area contributed by atoms with Crippen molar-refractivity contribution in [1.82, 2.24) is 14.8 Å². The third-order valence-corrected chi connectivity index (χ3v) is 6.50. The molecule has 0 radical (unpaired) electrons. The van der Waals surface area contributed by atoms with Gasteiger partial charge in [-0.1, -0.05) is 54.1 Å². The maximum Gasteiger partial charge on any atom is 0.128 e. The van der Waals surface area contributed by atoms with Crippen molar-refractivity contribution in [2.75, 3.05) is 45.1 Å². The Morgan fingerprint density at radius 1 is 1.14 bits per heavy atom. The summed E-state index contributed by atoms with van der Waals surface area (Å²) in [5, 5.41) is 5.15. The zero-order chi connectivity index (χ0) is 20.2. The molecule has 0 spiro atoms. The van der Waals surface area contributed by atoms with E-state index in [4.69, 9.17) is 16.6 Å². The van der Waals surface area contributed by atoms with E-state index in [1.807, 2.05) is 24.3 Å². The first-order valence-corrected chi connectivity index (χ1v) is 11.2. The predicted octanol–water partition coefficient (Wildman–Crippen LogP) is 5.44. The number of rotatable bonds is 6. The Hall–Kier alpha value is -1.66. The first-order chi connectivity index (χ1) is 14.1. The molecule has 0 aliphatic carbocycles. The van der Waals surface area contributed by atoms with Crippen molar-refractivity contribution < 1.29 is 0 Å². The molecule has 29 heavy (non-hydrogen) atoms. The minimum Gasteiger partial charge on any atom is -0.370 e. The number of anilines is 1. The van der Waals surface area contributed by atoms with Gasteiger partial charge in [-0.3, -0.25) is 4.90 Å². The summed E-state index contributed by atoms with van der Waals surface area (Å²) in [4.78, 5) is 9.76. The smallest absolute Gasteiger partial charge is 0.128 e. The highest BCUT2D eigenvalue weighted by Crippen LogP contribution is 2.30. The van der Waals surface area contributed by atoms with Gasteiger partial charge in [0.15, 0.2) is 0 Å². The van der Waals surface area contributed by atoms with E-state index in [-0.39, 0.29) is 0 Å². The highest BCUT2D eigenvalue weighted by atomic mass is 79.9. The second-order valence-electron chi connectivity index (χ2n) is 7.63. The fourth-order valence-electron chi connectivity index (χ4n) is 3.98. The Kier molecular flexibility index (Phi) is 6.70. The van der Waals surface area contributed by atoms with Crippen LogP contribution in [0.2, 0.25) is 5.02 Å². The van der Waals surface area contributed by atoms with Gasteiger partial charge in [-0.2, -0.15) is 0 Å². The Balaban J connectivity index is 1.37. The summed E-state index contributed by atoms with van der Waals surface area (Å²) in [7, 11) is 2.21. The summed E-state index contributed by atoms with van der Waals surface area (Å²) in [6.07, 6.45) is 1.06. The molecule has 152 valence electrons. The molecule has 0 bridgehead atoms. The van der Waals surface area contributed by atoms with E-state index in [1.54, 1.807) is 0 Å². The highest BCUT2D eigenvalue weighted by molar-refractivity contribution is 9.10. The van der Waals surface area contributed by atoms with Crippen LogP contribution in [0.15, 0.2) is 59.1 Å². The average molecular weight is 474 g/mol. The molecule has 2 aromatic carbocycles. The van der Waals surface area contributed by atoms with Crippen LogP contribution >= 0.6 is 27.5 Å².